The van der Waals surface area contributed by atoms with Crippen LogP contribution in [-0.2, 0) is 14.3 Å². The average Bonchev–Trinajstić information content (AvgIpc) is 3.06. The van der Waals surface area contributed by atoms with Gasteiger partial charge in [-0.3, -0.25) is 9.59 Å². The van der Waals surface area contributed by atoms with Gasteiger partial charge in [-0.05, 0) is 26.3 Å². The second-order valence-electron chi connectivity index (χ2n) is 7.53. The third kappa shape index (κ3) is 8.16. The third-order valence-electron chi connectivity index (χ3n) is 5.17. The van der Waals surface area contributed by atoms with Gasteiger partial charge in [-0.1, -0.05) is 0 Å². The van der Waals surface area contributed by atoms with Gasteiger partial charge >= 0.3 is 0 Å². The highest BCUT2D eigenvalue weighted by atomic mass is 16.5. The van der Waals surface area contributed by atoms with Crippen molar-refractivity contribution in [3.8, 4) is 0 Å². The van der Waals surface area contributed by atoms with Gasteiger partial charge in [0.25, 0.3) is 5.91 Å². The molecule has 1 aliphatic rings. The Kier molecular flexibility index (Phi) is 10.2. The molecule has 29 heavy (non-hydrogen) atoms. The number of hydrogen-bond acceptors (Lipinski definition) is 5. The normalized spacial score (nSPS) is 14.7. The van der Waals surface area contributed by atoms with Crippen molar-refractivity contribution < 1.29 is 28.4 Å². The molecule has 2 rings (SSSR count). The molecule has 2 N–H and O–H groups in total. The lowest BCUT2D eigenvalue weighted by Gasteiger charge is -2.24. The highest BCUT2D eigenvalue weighted by Crippen LogP contribution is 2.16. The second kappa shape index (κ2) is 12.6. The summed E-state index contributed by atoms with van der Waals surface area (Å²) < 4.78 is 15.9. The number of carbonyl (C=O) groups excluding carboxylic acids is 2. The van der Waals surface area contributed by atoms with Crippen LogP contribution in [0.2, 0.25) is 0 Å². The van der Waals surface area contributed by atoms with Crippen LogP contribution in [0.3, 0.4) is 0 Å². The molecule has 8 nitrogen and oxygen atoms in total. The summed E-state index contributed by atoms with van der Waals surface area (Å²) in [6.45, 7) is 10.6. The first-order valence-electron chi connectivity index (χ1n) is 10.5. The fourth-order valence-corrected chi connectivity index (χ4v) is 3.53. The van der Waals surface area contributed by atoms with Crippen LogP contribution < -0.4 is 10.2 Å². The van der Waals surface area contributed by atoms with E-state index in [-0.39, 0.29) is 11.8 Å². The zero-order valence-electron chi connectivity index (χ0n) is 18.1. The van der Waals surface area contributed by atoms with Crippen molar-refractivity contribution in [2.45, 2.75) is 33.1 Å². The summed E-state index contributed by atoms with van der Waals surface area (Å²) in [5, 5.41) is 2.97. The largest absolute Gasteiger partial charge is 0.466 e. The zero-order chi connectivity index (χ0) is 21.1. The van der Waals surface area contributed by atoms with Crippen LogP contribution in [-0.4, -0.2) is 82.9 Å². The van der Waals surface area contributed by atoms with E-state index in [0.29, 0.717) is 49.7 Å². The van der Waals surface area contributed by atoms with Crippen molar-refractivity contribution in [2.75, 3.05) is 66.2 Å². The van der Waals surface area contributed by atoms with E-state index >= 15 is 0 Å². The number of furan rings is 1. The van der Waals surface area contributed by atoms with Crippen LogP contribution in [0.25, 0.3) is 0 Å². The Labute approximate surface area is 173 Å². The Bertz CT molecular complexity index is 640. The molecular weight excluding hydrogens is 374 g/mol. The number of quaternary nitrogens is 1. The van der Waals surface area contributed by atoms with Crippen LogP contribution in [0, 0.1) is 13.8 Å². The number of amides is 2. The van der Waals surface area contributed by atoms with Crippen molar-refractivity contribution in [3.05, 3.63) is 23.2 Å². The van der Waals surface area contributed by atoms with E-state index in [1.54, 1.807) is 25.0 Å². The van der Waals surface area contributed by atoms with E-state index in [1.165, 1.54) is 4.90 Å². The van der Waals surface area contributed by atoms with Gasteiger partial charge in [0.2, 0.25) is 5.91 Å². The molecule has 1 saturated heterocycles. The number of ether oxygens (including phenoxy) is 2. The Hall–Kier alpha value is -1.90. The molecule has 8 heteroatoms. The molecule has 1 fully saturated rings. The first-order valence-corrected chi connectivity index (χ1v) is 10.5. The molecule has 1 aliphatic heterocycles. The molecule has 0 unspecified atom stereocenters. The summed E-state index contributed by atoms with van der Waals surface area (Å²) in [6, 6.07) is 1.76. The van der Waals surface area contributed by atoms with Crippen LogP contribution in [0.1, 0.15) is 41.1 Å². The smallest absolute Gasteiger partial charge is 0.257 e. The van der Waals surface area contributed by atoms with Gasteiger partial charge in [-0.25, -0.2) is 0 Å². The number of aryl methyl sites for hydroxylation is 2. The summed E-state index contributed by atoms with van der Waals surface area (Å²) in [7, 11) is 1.64. The number of carbonyl (C=O) groups is 2. The number of nitrogens with one attached hydrogen (secondary N) is 2. The van der Waals surface area contributed by atoms with E-state index in [0.717, 1.165) is 45.7 Å². The maximum Gasteiger partial charge on any atom is 0.257 e. The second-order valence-corrected chi connectivity index (χ2v) is 7.53. The lowest BCUT2D eigenvalue weighted by molar-refractivity contribution is -0.908. The molecule has 1 aromatic heterocycles. The molecule has 0 aromatic carbocycles. The van der Waals surface area contributed by atoms with E-state index in [1.807, 2.05) is 6.92 Å². The SMILES string of the molecule is COCCCN(CCC(=O)NCCC[NH+]1CCOCC1)C(=O)c1cc(C)oc1C. The molecule has 0 saturated carbocycles. The Morgan fingerprint density at radius 1 is 1.21 bits per heavy atom. The highest BCUT2D eigenvalue weighted by Gasteiger charge is 2.21. The summed E-state index contributed by atoms with van der Waals surface area (Å²) in [5.74, 6) is 1.20. The van der Waals surface area contributed by atoms with Crippen molar-refractivity contribution in [3.63, 3.8) is 0 Å². The third-order valence-corrected chi connectivity index (χ3v) is 5.17. The van der Waals surface area contributed by atoms with Gasteiger partial charge in [0.1, 0.15) is 24.6 Å². The van der Waals surface area contributed by atoms with Crippen molar-refractivity contribution in [1.82, 2.24) is 10.2 Å². The average molecular weight is 411 g/mol. The standard InChI is InChI=1S/C21H35N3O5/c1-17-16-19(18(2)29-17)21(26)24(9-5-13-27-3)10-6-20(25)22-7-4-8-23-11-14-28-15-12-23/h16H,4-15H2,1-3H3,(H,22,25)/p+1. The molecule has 1 aromatic rings. The minimum Gasteiger partial charge on any atom is -0.466 e. The first-order chi connectivity index (χ1) is 14.0. The maximum atomic E-state index is 12.9. The summed E-state index contributed by atoms with van der Waals surface area (Å²) in [4.78, 5) is 28.4. The van der Waals surface area contributed by atoms with E-state index in [4.69, 9.17) is 13.9 Å². The van der Waals surface area contributed by atoms with Crippen LogP contribution in [0.4, 0.5) is 0 Å². The van der Waals surface area contributed by atoms with Gasteiger partial charge in [0.15, 0.2) is 0 Å². The van der Waals surface area contributed by atoms with Crippen molar-refractivity contribution in [1.29, 1.82) is 0 Å². The zero-order valence-corrected chi connectivity index (χ0v) is 18.1. The van der Waals surface area contributed by atoms with Crippen molar-refractivity contribution in [2.24, 2.45) is 0 Å². The molecule has 2 amide bonds. The molecule has 0 aliphatic carbocycles. The molecule has 2 heterocycles. The van der Waals surface area contributed by atoms with Gasteiger partial charge in [-0.2, -0.15) is 0 Å². The van der Waals surface area contributed by atoms with E-state index in [9.17, 15) is 9.59 Å². The van der Waals surface area contributed by atoms with Gasteiger partial charge in [0, 0.05) is 46.2 Å². The van der Waals surface area contributed by atoms with Gasteiger partial charge in [0.05, 0.1) is 25.3 Å². The topological polar surface area (TPSA) is 85.5 Å². The minimum atomic E-state index is -0.0980. The van der Waals surface area contributed by atoms with Crippen LogP contribution in [0.15, 0.2) is 10.5 Å². The monoisotopic (exact) mass is 410 g/mol. The number of methoxy groups -OCH3 is 1. The molecular formula is C21H36N3O5+. The molecule has 0 spiro atoms. The fourth-order valence-electron chi connectivity index (χ4n) is 3.53. The van der Waals surface area contributed by atoms with Gasteiger partial charge in [-0.15, -0.1) is 0 Å². The van der Waals surface area contributed by atoms with Gasteiger partial charge < -0.3 is 29.0 Å². The number of rotatable bonds is 12. The Balaban J connectivity index is 1.76. The van der Waals surface area contributed by atoms with E-state index < -0.39 is 0 Å². The summed E-state index contributed by atoms with van der Waals surface area (Å²) in [5.41, 5.74) is 0.564. The molecule has 0 radical (unpaired) electrons. The molecule has 164 valence electrons. The number of morpholine rings is 1. The summed E-state index contributed by atoms with van der Waals surface area (Å²) in [6.07, 6.45) is 1.96. The van der Waals surface area contributed by atoms with Crippen LogP contribution >= 0.6 is 0 Å². The molecule has 0 atom stereocenters. The Morgan fingerprint density at radius 2 is 1.97 bits per heavy atom. The predicted molar refractivity (Wildman–Crippen MR) is 109 cm³/mol. The number of nitrogens with zero attached hydrogens (tertiary/aromatic N) is 1. The lowest BCUT2D eigenvalue weighted by Crippen LogP contribution is -3.14. The summed E-state index contributed by atoms with van der Waals surface area (Å²) >= 11 is 0. The van der Waals surface area contributed by atoms with E-state index in [2.05, 4.69) is 5.32 Å². The number of hydrogen-bond donors (Lipinski definition) is 2. The Morgan fingerprint density at radius 3 is 2.62 bits per heavy atom. The fraction of sp³-hybridized carbons (Fsp3) is 0.714. The predicted octanol–water partition coefficient (Wildman–Crippen LogP) is 0.187. The lowest BCUT2D eigenvalue weighted by atomic mass is 10.2. The quantitative estimate of drug-likeness (QED) is 0.481. The van der Waals surface area contributed by atoms with Crippen molar-refractivity contribution >= 4 is 11.8 Å². The molecule has 0 bridgehead atoms. The van der Waals surface area contributed by atoms with Crippen LogP contribution in [0.5, 0.6) is 0 Å². The minimum absolute atomic E-state index is 0.0217. The first kappa shape index (κ1) is 23.4. The highest BCUT2D eigenvalue weighted by molar-refractivity contribution is 5.95. The maximum absolute atomic E-state index is 12.9.